The summed E-state index contributed by atoms with van der Waals surface area (Å²) in [5.41, 5.74) is 12.0. The molecule has 8 nitrogen and oxygen atoms in total. The van der Waals surface area contributed by atoms with Crippen molar-refractivity contribution >= 4 is 0 Å². The lowest BCUT2D eigenvalue weighted by atomic mass is 9.77. The van der Waals surface area contributed by atoms with Crippen LogP contribution in [0.1, 0.15) is 40.3 Å². The third kappa shape index (κ3) is 8.31. The highest BCUT2D eigenvalue weighted by atomic mass is 16.5. The summed E-state index contributed by atoms with van der Waals surface area (Å²) in [4.78, 5) is 0. The minimum atomic E-state index is -0.815. The molecular weight excluding hydrogens is 677 g/mol. The van der Waals surface area contributed by atoms with Crippen LogP contribution in [0.3, 0.4) is 0 Å². The second kappa shape index (κ2) is 18.2. The smallest absolute Gasteiger partial charge is 0.118 e. The maximum Gasteiger partial charge on any atom is 0.118 e. The van der Waals surface area contributed by atoms with E-state index in [1.54, 1.807) is 42.7 Å². The number of hydrogen-bond acceptors (Lipinski definition) is 8. The Morgan fingerprint density at radius 2 is 0.537 bits per heavy atom. The van der Waals surface area contributed by atoms with E-state index < -0.39 is 11.1 Å². The topological polar surface area (TPSA) is 93.4 Å². The Morgan fingerprint density at radius 1 is 0.352 bits per heavy atom. The lowest BCUT2D eigenvalue weighted by molar-refractivity contribution is 0.411. The van der Waals surface area contributed by atoms with E-state index in [1.807, 2.05) is 109 Å². The molecule has 0 atom stereocenters. The molecule has 8 heteroatoms. The molecule has 0 unspecified atom stereocenters. The zero-order valence-corrected chi connectivity index (χ0v) is 32.1. The summed E-state index contributed by atoms with van der Waals surface area (Å²) in [6, 6.07) is 48.1. The van der Waals surface area contributed by atoms with E-state index in [0.717, 1.165) is 74.4 Å². The number of benzene rings is 6. The van der Waals surface area contributed by atoms with E-state index in [0.29, 0.717) is 0 Å². The van der Waals surface area contributed by atoms with Crippen LogP contribution in [0.2, 0.25) is 0 Å². The van der Waals surface area contributed by atoms with Gasteiger partial charge in [0.15, 0.2) is 0 Å². The summed E-state index contributed by atoms with van der Waals surface area (Å²) in [6.45, 7) is 2.91. The van der Waals surface area contributed by atoms with Crippen LogP contribution < -0.4 is 39.5 Å². The molecule has 0 radical (unpaired) electrons. The van der Waals surface area contributed by atoms with Crippen LogP contribution in [0.4, 0.5) is 0 Å². The van der Waals surface area contributed by atoms with E-state index in [9.17, 15) is 0 Å². The van der Waals surface area contributed by atoms with E-state index >= 15 is 0 Å². The lowest BCUT2D eigenvalue weighted by Gasteiger charge is -2.37. The van der Waals surface area contributed by atoms with Crippen molar-refractivity contribution in [3.63, 3.8) is 0 Å². The van der Waals surface area contributed by atoms with E-state index in [4.69, 9.17) is 34.2 Å². The van der Waals surface area contributed by atoms with Crippen LogP contribution >= 0.6 is 0 Å². The number of hydrogen-bond donors (Lipinski definition) is 2. The standard InChI is InChI=1S/C24H27NO3.C22H23NO3/c1-5-25-24(18-6-12-21(26-2)13-7-18,19-8-14-22(27-3)15-9-19)20-10-16-23(28-4)17-11-20;1-24-19-10-4-16(5-11-19)22(23,17-6-12-20(25-2)13-7-17)18-8-14-21(26-3)15-9-18/h6-17,25H,5H2,1-4H3;4-15H,23H2,1-3H3. The fraction of sp³-hybridized carbons (Fsp3) is 0.217. The van der Waals surface area contributed by atoms with Gasteiger partial charge in [-0.3, -0.25) is 0 Å². The number of rotatable bonds is 14. The third-order valence-electron chi connectivity index (χ3n) is 9.65. The van der Waals surface area contributed by atoms with Crippen LogP contribution in [0.15, 0.2) is 146 Å². The summed E-state index contributed by atoms with van der Waals surface area (Å²) in [7, 11) is 9.99. The first kappa shape index (κ1) is 39.3. The molecule has 0 aromatic heterocycles. The number of nitrogens with two attached hydrogens (primary N) is 1. The molecule has 0 aliphatic rings. The van der Waals surface area contributed by atoms with Crippen molar-refractivity contribution in [2.45, 2.75) is 18.0 Å². The van der Waals surface area contributed by atoms with Crippen LogP contribution in [0.5, 0.6) is 34.5 Å². The average molecular weight is 727 g/mol. The summed E-state index contributed by atoms with van der Waals surface area (Å²) in [5.74, 6) is 4.87. The van der Waals surface area contributed by atoms with Crippen LogP contribution in [-0.2, 0) is 11.1 Å². The predicted octanol–water partition coefficient (Wildman–Crippen LogP) is 8.58. The van der Waals surface area contributed by atoms with Crippen LogP contribution in [0.25, 0.3) is 0 Å². The average Bonchev–Trinajstić information content (AvgIpc) is 3.25. The quantitative estimate of drug-likeness (QED) is 0.108. The highest BCUT2D eigenvalue weighted by Gasteiger charge is 2.36. The minimum absolute atomic E-state index is 0.514. The summed E-state index contributed by atoms with van der Waals surface area (Å²) < 4.78 is 31.9. The summed E-state index contributed by atoms with van der Waals surface area (Å²) in [6.07, 6.45) is 0. The molecule has 3 N–H and O–H groups in total. The zero-order valence-electron chi connectivity index (χ0n) is 32.1. The van der Waals surface area contributed by atoms with Gasteiger partial charge < -0.3 is 39.5 Å². The molecule has 0 spiro atoms. The normalized spacial score (nSPS) is 11.1. The molecule has 0 amide bonds. The predicted molar refractivity (Wildman–Crippen MR) is 216 cm³/mol. The van der Waals surface area contributed by atoms with Crippen molar-refractivity contribution in [2.24, 2.45) is 5.73 Å². The third-order valence-corrected chi connectivity index (χ3v) is 9.65. The first-order valence-corrected chi connectivity index (χ1v) is 17.7. The Kier molecular flexibility index (Phi) is 13.2. The first-order chi connectivity index (χ1) is 26.3. The molecule has 54 heavy (non-hydrogen) atoms. The van der Waals surface area contributed by atoms with Crippen molar-refractivity contribution in [3.05, 3.63) is 179 Å². The highest BCUT2D eigenvalue weighted by Crippen LogP contribution is 2.39. The van der Waals surface area contributed by atoms with Crippen LogP contribution in [-0.4, -0.2) is 49.2 Å². The van der Waals surface area contributed by atoms with Gasteiger partial charge in [0.1, 0.15) is 34.5 Å². The molecular formula is C46H50N2O6. The molecule has 0 aliphatic carbocycles. The van der Waals surface area contributed by atoms with Gasteiger partial charge in [0.2, 0.25) is 0 Å². The molecule has 6 rings (SSSR count). The molecule has 0 saturated carbocycles. The molecule has 0 fully saturated rings. The van der Waals surface area contributed by atoms with E-state index in [-0.39, 0.29) is 0 Å². The van der Waals surface area contributed by atoms with Crippen molar-refractivity contribution < 1.29 is 28.4 Å². The molecule has 6 aromatic carbocycles. The molecule has 0 aliphatic heterocycles. The van der Waals surface area contributed by atoms with E-state index in [2.05, 4.69) is 48.6 Å². The van der Waals surface area contributed by atoms with E-state index in [1.165, 1.54) is 0 Å². The monoisotopic (exact) mass is 726 g/mol. The maximum absolute atomic E-state index is 7.01. The van der Waals surface area contributed by atoms with Crippen molar-refractivity contribution in [2.75, 3.05) is 49.2 Å². The Labute approximate surface area is 319 Å². The van der Waals surface area contributed by atoms with Gasteiger partial charge in [0.25, 0.3) is 0 Å². The summed E-state index contributed by atoms with van der Waals surface area (Å²) in [5, 5.41) is 3.73. The zero-order chi connectivity index (χ0) is 38.6. The second-order valence-corrected chi connectivity index (χ2v) is 12.5. The largest absolute Gasteiger partial charge is 0.497 e. The fourth-order valence-electron chi connectivity index (χ4n) is 6.66. The van der Waals surface area contributed by atoms with Crippen molar-refractivity contribution in [1.29, 1.82) is 0 Å². The van der Waals surface area contributed by atoms with Gasteiger partial charge in [0.05, 0.1) is 53.7 Å². The van der Waals surface area contributed by atoms with Gasteiger partial charge in [0, 0.05) is 0 Å². The number of nitrogens with one attached hydrogen (secondary N) is 1. The fourth-order valence-corrected chi connectivity index (χ4v) is 6.66. The molecule has 0 bridgehead atoms. The Morgan fingerprint density at radius 3 is 0.704 bits per heavy atom. The minimum Gasteiger partial charge on any atom is -0.497 e. The molecule has 0 heterocycles. The molecule has 0 saturated heterocycles. The van der Waals surface area contributed by atoms with Gasteiger partial charge in [-0.15, -0.1) is 0 Å². The number of ether oxygens (including phenoxy) is 6. The SMILES string of the molecule is CCNC(c1ccc(OC)cc1)(c1ccc(OC)cc1)c1ccc(OC)cc1.COc1ccc(C(N)(c2ccc(OC)cc2)c2ccc(OC)cc2)cc1. The highest BCUT2D eigenvalue weighted by molar-refractivity contribution is 5.53. The Hall–Kier alpha value is -5.96. The first-order valence-electron chi connectivity index (χ1n) is 17.7. The van der Waals surface area contributed by atoms with Gasteiger partial charge >= 0.3 is 0 Å². The van der Waals surface area contributed by atoms with Crippen molar-refractivity contribution in [3.8, 4) is 34.5 Å². The van der Waals surface area contributed by atoms with Crippen molar-refractivity contribution in [1.82, 2.24) is 5.32 Å². The Bertz CT molecular complexity index is 1780. The summed E-state index contributed by atoms with van der Waals surface area (Å²) >= 11 is 0. The molecule has 280 valence electrons. The second-order valence-electron chi connectivity index (χ2n) is 12.5. The number of methoxy groups -OCH3 is 6. The van der Waals surface area contributed by atoms with Gasteiger partial charge in [-0.25, -0.2) is 0 Å². The lowest BCUT2D eigenvalue weighted by Crippen LogP contribution is -2.44. The van der Waals surface area contributed by atoms with Gasteiger partial charge in [-0.2, -0.15) is 0 Å². The van der Waals surface area contributed by atoms with Gasteiger partial charge in [-0.1, -0.05) is 79.7 Å². The Balaban J connectivity index is 0.000000208. The van der Waals surface area contributed by atoms with Gasteiger partial charge in [-0.05, 0) is 113 Å². The molecule has 6 aromatic rings. The maximum atomic E-state index is 7.01. The van der Waals surface area contributed by atoms with Crippen LogP contribution in [0, 0.1) is 0 Å².